The first kappa shape index (κ1) is 21.5. The number of hydrogen-bond donors (Lipinski definition) is 1. The number of benzene rings is 2. The number of rotatable bonds is 5. The SMILES string of the molecule is CC(=O)N1c2ccc(S(=O)(=O)NCCC(=O)N3CCc4ccccc4C3)cc2CC1C. The summed E-state index contributed by atoms with van der Waals surface area (Å²) in [6.45, 7) is 4.72. The molecule has 2 aliphatic rings. The van der Waals surface area contributed by atoms with Crippen molar-refractivity contribution in [3.8, 4) is 0 Å². The number of nitrogens with one attached hydrogen (secondary N) is 1. The van der Waals surface area contributed by atoms with Crippen molar-refractivity contribution in [2.24, 2.45) is 0 Å². The minimum absolute atomic E-state index is 0.00529. The average Bonchev–Trinajstić information content (AvgIpc) is 3.08. The quantitative estimate of drug-likeness (QED) is 0.771. The van der Waals surface area contributed by atoms with Gasteiger partial charge in [0.15, 0.2) is 0 Å². The van der Waals surface area contributed by atoms with Crippen molar-refractivity contribution in [2.75, 3.05) is 18.0 Å². The maximum Gasteiger partial charge on any atom is 0.240 e. The Kier molecular flexibility index (Phi) is 5.85. The van der Waals surface area contributed by atoms with Gasteiger partial charge >= 0.3 is 0 Å². The maximum atomic E-state index is 12.7. The van der Waals surface area contributed by atoms with E-state index in [2.05, 4.69) is 10.8 Å². The Labute approximate surface area is 183 Å². The third-order valence-corrected chi connectivity index (χ3v) is 7.49. The summed E-state index contributed by atoms with van der Waals surface area (Å²) < 4.78 is 28.0. The van der Waals surface area contributed by atoms with Crippen LogP contribution in [0.4, 0.5) is 5.69 Å². The first-order chi connectivity index (χ1) is 14.8. The Hall–Kier alpha value is -2.71. The maximum absolute atomic E-state index is 12.7. The molecular weight excluding hydrogens is 414 g/mol. The Morgan fingerprint density at radius 1 is 1.10 bits per heavy atom. The lowest BCUT2D eigenvalue weighted by atomic mass is 10.00. The highest BCUT2D eigenvalue weighted by Crippen LogP contribution is 2.33. The van der Waals surface area contributed by atoms with Crippen LogP contribution in [0.25, 0.3) is 0 Å². The zero-order valence-electron chi connectivity index (χ0n) is 17.8. The number of fused-ring (bicyclic) bond motifs is 2. The molecule has 0 aliphatic carbocycles. The van der Waals surface area contributed by atoms with Gasteiger partial charge in [-0.15, -0.1) is 0 Å². The van der Waals surface area contributed by atoms with Crippen LogP contribution in [0.5, 0.6) is 0 Å². The van der Waals surface area contributed by atoms with Gasteiger partial charge in [-0.25, -0.2) is 13.1 Å². The second kappa shape index (κ2) is 8.43. The van der Waals surface area contributed by atoms with Crippen molar-refractivity contribution >= 4 is 27.5 Å². The highest BCUT2D eigenvalue weighted by atomic mass is 32.2. The van der Waals surface area contributed by atoms with Crippen molar-refractivity contribution in [3.63, 3.8) is 0 Å². The zero-order chi connectivity index (χ0) is 22.2. The minimum Gasteiger partial charge on any atom is -0.338 e. The zero-order valence-corrected chi connectivity index (χ0v) is 18.6. The summed E-state index contributed by atoms with van der Waals surface area (Å²) in [6.07, 6.45) is 1.55. The third kappa shape index (κ3) is 4.36. The van der Waals surface area contributed by atoms with Gasteiger partial charge in [0.05, 0.1) is 4.90 Å². The van der Waals surface area contributed by atoms with Gasteiger partial charge < -0.3 is 9.80 Å². The molecule has 2 aromatic carbocycles. The number of carbonyl (C=O) groups excluding carboxylic acids is 2. The van der Waals surface area contributed by atoms with Crippen LogP contribution in [-0.4, -0.2) is 44.3 Å². The van der Waals surface area contributed by atoms with E-state index in [1.165, 1.54) is 18.6 Å². The number of sulfonamides is 1. The van der Waals surface area contributed by atoms with E-state index in [4.69, 9.17) is 0 Å². The van der Waals surface area contributed by atoms with E-state index < -0.39 is 10.0 Å². The van der Waals surface area contributed by atoms with E-state index in [0.717, 1.165) is 23.2 Å². The van der Waals surface area contributed by atoms with Crippen LogP contribution in [0, 0.1) is 0 Å². The fraction of sp³-hybridized carbons (Fsp3) is 0.391. The van der Waals surface area contributed by atoms with Gasteiger partial charge in [0.1, 0.15) is 0 Å². The van der Waals surface area contributed by atoms with E-state index in [0.29, 0.717) is 19.5 Å². The summed E-state index contributed by atoms with van der Waals surface area (Å²) in [4.78, 5) is 28.1. The molecule has 1 N–H and O–H groups in total. The number of carbonyl (C=O) groups is 2. The van der Waals surface area contributed by atoms with Crippen molar-refractivity contribution in [1.29, 1.82) is 0 Å². The van der Waals surface area contributed by atoms with Crippen molar-refractivity contribution in [3.05, 3.63) is 59.2 Å². The summed E-state index contributed by atoms with van der Waals surface area (Å²) in [5.74, 6) is -0.115. The van der Waals surface area contributed by atoms with Crippen LogP contribution in [0.1, 0.15) is 37.0 Å². The van der Waals surface area contributed by atoms with Gasteiger partial charge in [0.25, 0.3) is 0 Å². The monoisotopic (exact) mass is 441 g/mol. The lowest BCUT2D eigenvalue weighted by molar-refractivity contribution is -0.132. The molecule has 2 aromatic rings. The molecule has 0 aromatic heterocycles. The van der Waals surface area contributed by atoms with Gasteiger partial charge in [-0.3, -0.25) is 9.59 Å². The number of anilines is 1. The summed E-state index contributed by atoms with van der Waals surface area (Å²) >= 11 is 0. The topological polar surface area (TPSA) is 86.8 Å². The van der Waals surface area contributed by atoms with E-state index in [1.807, 2.05) is 25.1 Å². The lowest BCUT2D eigenvalue weighted by Crippen LogP contribution is -2.38. The van der Waals surface area contributed by atoms with Crippen LogP contribution in [0.2, 0.25) is 0 Å². The van der Waals surface area contributed by atoms with Crippen LogP contribution in [-0.2, 0) is 39.0 Å². The van der Waals surface area contributed by atoms with Gasteiger partial charge in [0, 0.05) is 44.7 Å². The summed E-state index contributed by atoms with van der Waals surface area (Å²) in [5.41, 5.74) is 4.02. The summed E-state index contributed by atoms with van der Waals surface area (Å²) in [6, 6.07) is 12.9. The van der Waals surface area contributed by atoms with E-state index >= 15 is 0 Å². The largest absolute Gasteiger partial charge is 0.338 e. The molecule has 0 spiro atoms. The molecule has 2 aliphatic heterocycles. The third-order valence-electron chi connectivity index (χ3n) is 6.03. The lowest BCUT2D eigenvalue weighted by Gasteiger charge is -2.29. The van der Waals surface area contributed by atoms with Crippen LogP contribution < -0.4 is 9.62 Å². The van der Waals surface area contributed by atoms with Gasteiger partial charge in [-0.1, -0.05) is 24.3 Å². The predicted molar refractivity (Wildman–Crippen MR) is 118 cm³/mol. The molecule has 8 heteroatoms. The second-order valence-electron chi connectivity index (χ2n) is 8.21. The molecule has 0 radical (unpaired) electrons. The van der Waals surface area contributed by atoms with Crippen molar-refractivity contribution in [1.82, 2.24) is 9.62 Å². The molecular formula is C23H27N3O4S. The van der Waals surface area contributed by atoms with Gasteiger partial charge in [0.2, 0.25) is 21.8 Å². The summed E-state index contributed by atoms with van der Waals surface area (Å²) in [7, 11) is -3.74. The Morgan fingerprint density at radius 3 is 2.58 bits per heavy atom. The van der Waals surface area contributed by atoms with E-state index in [9.17, 15) is 18.0 Å². The van der Waals surface area contributed by atoms with Crippen LogP contribution >= 0.6 is 0 Å². The van der Waals surface area contributed by atoms with Gasteiger partial charge in [-0.05, 0) is 54.7 Å². The molecule has 2 heterocycles. The fourth-order valence-corrected chi connectivity index (χ4v) is 5.58. The fourth-order valence-electron chi connectivity index (χ4n) is 4.50. The van der Waals surface area contributed by atoms with E-state index in [-0.39, 0.29) is 35.7 Å². The minimum atomic E-state index is -3.74. The molecule has 2 amide bonds. The number of amides is 2. The Balaban J connectivity index is 1.36. The number of hydrogen-bond acceptors (Lipinski definition) is 4. The highest BCUT2D eigenvalue weighted by molar-refractivity contribution is 7.89. The average molecular weight is 442 g/mol. The standard InChI is InChI=1S/C23H27N3O4S/c1-16-13-20-14-21(7-8-22(20)26(16)17(2)27)31(29,30)24-11-9-23(28)25-12-10-18-5-3-4-6-19(18)15-25/h3-8,14,16,24H,9-13,15H2,1-2H3. The molecule has 1 unspecified atom stereocenters. The molecule has 0 bridgehead atoms. The molecule has 1 atom stereocenters. The molecule has 164 valence electrons. The molecule has 31 heavy (non-hydrogen) atoms. The number of nitrogens with zero attached hydrogens (tertiary/aromatic N) is 2. The first-order valence-corrected chi connectivity index (χ1v) is 12.0. The first-order valence-electron chi connectivity index (χ1n) is 10.5. The summed E-state index contributed by atoms with van der Waals surface area (Å²) in [5, 5.41) is 0. The molecule has 0 saturated carbocycles. The molecule has 0 fully saturated rings. The van der Waals surface area contributed by atoms with Gasteiger partial charge in [-0.2, -0.15) is 0 Å². The smallest absolute Gasteiger partial charge is 0.240 e. The highest BCUT2D eigenvalue weighted by Gasteiger charge is 2.30. The second-order valence-corrected chi connectivity index (χ2v) is 9.98. The van der Waals surface area contributed by atoms with E-state index in [1.54, 1.807) is 21.9 Å². The normalized spacial score (nSPS) is 17.9. The van der Waals surface area contributed by atoms with Crippen LogP contribution in [0.15, 0.2) is 47.4 Å². The Bertz CT molecular complexity index is 1130. The van der Waals surface area contributed by atoms with Crippen LogP contribution in [0.3, 0.4) is 0 Å². The Morgan fingerprint density at radius 2 is 1.84 bits per heavy atom. The molecule has 0 saturated heterocycles. The van der Waals surface area contributed by atoms with Crippen molar-refractivity contribution in [2.45, 2.75) is 50.6 Å². The predicted octanol–water partition coefficient (Wildman–Crippen LogP) is 2.24. The molecule has 7 nitrogen and oxygen atoms in total. The van der Waals surface area contributed by atoms with Crippen molar-refractivity contribution < 1.29 is 18.0 Å². The molecule has 4 rings (SSSR count).